The van der Waals surface area contributed by atoms with Crippen molar-refractivity contribution in [1.82, 2.24) is 19.9 Å². The van der Waals surface area contributed by atoms with E-state index in [1.165, 1.54) is 5.56 Å². The molecule has 7 heteroatoms. The van der Waals surface area contributed by atoms with E-state index in [0.29, 0.717) is 16.7 Å². The van der Waals surface area contributed by atoms with Crippen molar-refractivity contribution < 1.29 is 4.74 Å². The summed E-state index contributed by atoms with van der Waals surface area (Å²) in [5.41, 5.74) is 1.29. The van der Waals surface area contributed by atoms with E-state index >= 15 is 0 Å². The van der Waals surface area contributed by atoms with Crippen LogP contribution in [0.3, 0.4) is 0 Å². The predicted octanol–water partition coefficient (Wildman–Crippen LogP) is 3.64. The van der Waals surface area contributed by atoms with E-state index in [4.69, 9.17) is 16.3 Å². The summed E-state index contributed by atoms with van der Waals surface area (Å²) < 4.78 is 5.81. The highest BCUT2D eigenvalue weighted by atomic mass is 35.5. The lowest BCUT2D eigenvalue weighted by Gasteiger charge is -2.35. The molecule has 0 aliphatic carbocycles. The van der Waals surface area contributed by atoms with Gasteiger partial charge in [-0.05, 0) is 42.0 Å². The van der Waals surface area contributed by atoms with Gasteiger partial charge in [0.1, 0.15) is 17.9 Å². The van der Waals surface area contributed by atoms with Crippen LogP contribution in [0, 0.1) is 0 Å². The summed E-state index contributed by atoms with van der Waals surface area (Å²) in [6, 6.07) is 13.2. The van der Waals surface area contributed by atoms with E-state index in [-0.39, 0.29) is 0 Å². The molecule has 2 aromatic heterocycles. The van der Waals surface area contributed by atoms with Crippen LogP contribution in [0.4, 0.5) is 5.82 Å². The number of hydrogen-bond acceptors (Lipinski definition) is 6. The van der Waals surface area contributed by atoms with Gasteiger partial charge in [0.15, 0.2) is 0 Å². The molecule has 0 unspecified atom stereocenters. The van der Waals surface area contributed by atoms with Crippen LogP contribution in [0.5, 0.6) is 11.6 Å². The molecule has 1 saturated heterocycles. The van der Waals surface area contributed by atoms with E-state index in [0.717, 1.165) is 38.5 Å². The van der Waals surface area contributed by atoms with Crippen molar-refractivity contribution in [2.24, 2.45) is 0 Å². The summed E-state index contributed by atoms with van der Waals surface area (Å²) >= 11 is 5.91. The van der Waals surface area contributed by atoms with Gasteiger partial charge in [-0.15, -0.1) is 0 Å². The summed E-state index contributed by atoms with van der Waals surface area (Å²) in [5.74, 6) is 2.12. The highest BCUT2D eigenvalue weighted by Crippen LogP contribution is 2.24. The van der Waals surface area contributed by atoms with Gasteiger partial charge in [0.25, 0.3) is 0 Å². The van der Waals surface area contributed by atoms with Crippen molar-refractivity contribution in [3.05, 3.63) is 71.8 Å². The average Bonchev–Trinajstić information content (AvgIpc) is 2.71. The zero-order chi connectivity index (χ0) is 18.5. The average molecular weight is 382 g/mol. The second-order valence-corrected chi connectivity index (χ2v) is 6.83. The van der Waals surface area contributed by atoms with Crippen molar-refractivity contribution in [2.75, 3.05) is 31.1 Å². The van der Waals surface area contributed by atoms with Crippen LogP contribution in [-0.4, -0.2) is 46.0 Å². The molecule has 1 aliphatic heterocycles. The largest absolute Gasteiger partial charge is 0.439 e. The first-order valence-corrected chi connectivity index (χ1v) is 9.26. The smallest absolute Gasteiger partial charge is 0.224 e. The number of halogens is 1. The molecule has 1 aliphatic rings. The Morgan fingerprint density at radius 3 is 2.41 bits per heavy atom. The Balaban J connectivity index is 1.36. The normalized spacial score (nSPS) is 14.9. The van der Waals surface area contributed by atoms with Gasteiger partial charge in [-0.1, -0.05) is 11.6 Å². The Hall–Kier alpha value is -2.70. The van der Waals surface area contributed by atoms with Crippen LogP contribution in [0.1, 0.15) is 5.56 Å². The minimum Gasteiger partial charge on any atom is -0.439 e. The molecule has 0 saturated carbocycles. The number of pyridine rings is 1. The molecule has 3 aromatic rings. The molecular weight excluding hydrogens is 362 g/mol. The van der Waals surface area contributed by atoms with Crippen LogP contribution in [-0.2, 0) is 6.54 Å². The number of benzene rings is 1. The standard InChI is InChI=1S/C20H20ClN5O/c21-17-1-3-18(4-2-17)27-20-13-19(23-15-24-20)26-11-9-25(10-12-26)14-16-5-7-22-8-6-16/h1-8,13,15H,9-12,14H2. The summed E-state index contributed by atoms with van der Waals surface area (Å²) in [5, 5.41) is 0.676. The molecule has 0 N–H and O–H groups in total. The molecule has 1 aromatic carbocycles. The summed E-state index contributed by atoms with van der Waals surface area (Å²) in [6.07, 6.45) is 5.23. The van der Waals surface area contributed by atoms with Gasteiger partial charge in [0.05, 0.1) is 0 Å². The van der Waals surface area contributed by atoms with E-state index in [1.54, 1.807) is 18.5 Å². The highest BCUT2D eigenvalue weighted by molar-refractivity contribution is 6.30. The number of anilines is 1. The maximum absolute atomic E-state index is 5.91. The molecule has 4 rings (SSSR count). The number of ether oxygens (including phenoxy) is 1. The van der Waals surface area contributed by atoms with E-state index in [1.807, 2.05) is 30.6 Å². The molecule has 3 heterocycles. The Morgan fingerprint density at radius 2 is 1.67 bits per heavy atom. The molecule has 0 bridgehead atoms. The Morgan fingerprint density at radius 1 is 0.926 bits per heavy atom. The second kappa shape index (κ2) is 8.33. The van der Waals surface area contributed by atoms with Crippen LogP contribution in [0.25, 0.3) is 0 Å². The van der Waals surface area contributed by atoms with Gasteiger partial charge in [0, 0.05) is 56.2 Å². The zero-order valence-corrected chi connectivity index (χ0v) is 15.6. The fourth-order valence-electron chi connectivity index (χ4n) is 3.06. The lowest BCUT2D eigenvalue weighted by molar-refractivity contribution is 0.249. The molecule has 1 fully saturated rings. The lowest BCUT2D eigenvalue weighted by Crippen LogP contribution is -2.46. The molecule has 27 heavy (non-hydrogen) atoms. The molecule has 6 nitrogen and oxygen atoms in total. The highest BCUT2D eigenvalue weighted by Gasteiger charge is 2.18. The van der Waals surface area contributed by atoms with E-state index in [9.17, 15) is 0 Å². The maximum Gasteiger partial charge on any atom is 0.224 e. The number of hydrogen-bond donors (Lipinski definition) is 0. The molecule has 0 radical (unpaired) electrons. The maximum atomic E-state index is 5.91. The molecule has 0 amide bonds. The van der Waals surface area contributed by atoms with Crippen molar-refractivity contribution >= 4 is 17.4 Å². The molecular formula is C20H20ClN5O. The van der Waals surface area contributed by atoms with Gasteiger partial charge >= 0.3 is 0 Å². The third kappa shape index (κ3) is 4.72. The van der Waals surface area contributed by atoms with Crippen LogP contribution in [0.2, 0.25) is 5.02 Å². The molecule has 0 atom stereocenters. The van der Waals surface area contributed by atoms with Crippen LogP contribution < -0.4 is 9.64 Å². The van der Waals surface area contributed by atoms with Crippen LogP contribution >= 0.6 is 11.6 Å². The Labute approximate surface area is 163 Å². The molecule has 138 valence electrons. The van der Waals surface area contributed by atoms with Gasteiger partial charge in [-0.3, -0.25) is 9.88 Å². The summed E-state index contributed by atoms with van der Waals surface area (Å²) in [4.78, 5) is 17.4. The second-order valence-electron chi connectivity index (χ2n) is 6.39. The van der Waals surface area contributed by atoms with Crippen molar-refractivity contribution in [1.29, 1.82) is 0 Å². The topological polar surface area (TPSA) is 54.4 Å². The number of nitrogens with zero attached hydrogens (tertiary/aromatic N) is 5. The van der Waals surface area contributed by atoms with E-state index in [2.05, 4.69) is 36.9 Å². The minimum atomic E-state index is 0.529. The van der Waals surface area contributed by atoms with Gasteiger partial charge < -0.3 is 9.64 Å². The van der Waals surface area contributed by atoms with Crippen molar-refractivity contribution in [2.45, 2.75) is 6.54 Å². The monoisotopic (exact) mass is 381 g/mol. The van der Waals surface area contributed by atoms with Gasteiger partial charge in [-0.2, -0.15) is 0 Å². The minimum absolute atomic E-state index is 0.529. The van der Waals surface area contributed by atoms with Crippen molar-refractivity contribution in [3.63, 3.8) is 0 Å². The molecule has 0 spiro atoms. The quantitative estimate of drug-likeness (QED) is 0.672. The number of rotatable bonds is 5. The van der Waals surface area contributed by atoms with E-state index < -0.39 is 0 Å². The Kier molecular flexibility index (Phi) is 5.46. The lowest BCUT2D eigenvalue weighted by atomic mass is 10.2. The number of piperazine rings is 1. The third-order valence-electron chi connectivity index (χ3n) is 4.52. The predicted molar refractivity (Wildman–Crippen MR) is 105 cm³/mol. The van der Waals surface area contributed by atoms with Gasteiger partial charge in [-0.25, -0.2) is 9.97 Å². The van der Waals surface area contributed by atoms with Crippen molar-refractivity contribution in [3.8, 4) is 11.6 Å². The summed E-state index contributed by atoms with van der Waals surface area (Å²) in [7, 11) is 0. The fourth-order valence-corrected chi connectivity index (χ4v) is 3.19. The third-order valence-corrected chi connectivity index (χ3v) is 4.77. The first-order chi connectivity index (χ1) is 13.3. The SMILES string of the molecule is Clc1ccc(Oc2cc(N3CCN(Cc4ccncc4)CC3)ncn2)cc1. The summed E-state index contributed by atoms with van der Waals surface area (Å²) in [6.45, 7) is 4.76. The first kappa shape index (κ1) is 17.7. The zero-order valence-electron chi connectivity index (χ0n) is 14.8. The Bertz CT molecular complexity index is 867. The number of aromatic nitrogens is 3. The van der Waals surface area contributed by atoms with Gasteiger partial charge in [0.2, 0.25) is 5.88 Å². The van der Waals surface area contributed by atoms with Crippen LogP contribution in [0.15, 0.2) is 61.2 Å². The fraction of sp³-hybridized carbons (Fsp3) is 0.250. The first-order valence-electron chi connectivity index (χ1n) is 8.88.